The van der Waals surface area contributed by atoms with Crippen LogP contribution in [0.25, 0.3) is 0 Å². The first kappa shape index (κ1) is 12.8. The third kappa shape index (κ3) is 2.66. The summed E-state index contributed by atoms with van der Waals surface area (Å²) in [5, 5.41) is 8.63. The van der Waals surface area contributed by atoms with Crippen molar-refractivity contribution in [1.29, 1.82) is 0 Å². The molecule has 1 aromatic heterocycles. The first-order chi connectivity index (χ1) is 7.47. The molecular weight excluding hydrogens is 288 g/mol. The molecular formula is C9H8BrF2NO3. The van der Waals surface area contributed by atoms with Crippen LogP contribution in [0.5, 0.6) is 5.75 Å². The number of rotatable bonds is 4. The zero-order chi connectivity index (χ0) is 12.3. The normalized spacial score (nSPS) is 10.6. The predicted molar refractivity (Wildman–Crippen MR) is 54.8 cm³/mol. The van der Waals surface area contributed by atoms with E-state index in [4.69, 9.17) is 9.84 Å². The number of alkyl halides is 2. The lowest BCUT2D eigenvalue weighted by atomic mass is 10.1. The highest BCUT2D eigenvalue weighted by Gasteiger charge is 2.21. The van der Waals surface area contributed by atoms with Gasteiger partial charge in [-0.15, -0.1) is 0 Å². The van der Waals surface area contributed by atoms with Gasteiger partial charge in [0.25, 0.3) is 6.43 Å². The Morgan fingerprint density at radius 1 is 1.69 bits per heavy atom. The Kier molecular flexibility index (Phi) is 4.17. The summed E-state index contributed by atoms with van der Waals surface area (Å²) in [6, 6.07) is 0. The summed E-state index contributed by atoms with van der Waals surface area (Å²) in [5.74, 6) is -0.988. The molecule has 0 saturated heterocycles. The van der Waals surface area contributed by atoms with Gasteiger partial charge in [0.2, 0.25) is 0 Å². The maximum atomic E-state index is 12.6. The first-order valence-corrected chi connectivity index (χ1v) is 4.97. The Hall–Kier alpha value is -1.24. The Balaban J connectivity index is 3.30. The summed E-state index contributed by atoms with van der Waals surface area (Å²) >= 11 is 3.03. The van der Waals surface area contributed by atoms with E-state index in [2.05, 4.69) is 20.9 Å². The van der Waals surface area contributed by atoms with Crippen LogP contribution in [0.1, 0.15) is 17.7 Å². The first-order valence-electron chi connectivity index (χ1n) is 4.18. The second-order valence-electron chi connectivity index (χ2n) is 2.88. The molecule has 0 aliphatic heterocycles. The molecule has 1 N–H and O–H groups in total. The van der Waals surface area contributed by atoms with Gasteiger partial charge < -0.3 is 9.84 Å². The van der Waals surface area contributed by atoms with Crippen LogP contribution in [0.15, 0.2) is 10.7 Å². The van der Waals surface area contributed by atoms with Gasteiger partial charge in [-0.3, -0.25) is 9.78 Å². The van der Waals surface area contributed by atoms with Crippen LogP contribution in [-0.2, 0) is 11.2 Å². The molecule has 0 aliphatic carbocycles. The molecule has 1 aromatic rings. The van der Waals surface area contributed by atoms with Gasteiger partial charge in [0, 0.05) is 5.56 Å². The standard InChI is InChI=1S/C9H8BrF2NO3/c1-16-5-3-13-8(9(11)12)4(7(5)10)2-6(14)15/h3,9H,2H2,1H3,(H,14,15). The lowest BCUT2D eigenvalue weighted by Crippen LogP contribution is -2.08. The summed E-state index contributed by atoms with van der Waals surface area (Å²) in [7, 11) is 1.34. The third-order valence-corrected chi connectivity index (χ3v) is 2.74. The minimum Gasteiger partial charge on any atom is -0.494 e. The highest BCUT2D eigenvalue weighted by Crippen LogP contribution is 2.33. The maximum Gasteiger partial charge on any atom is 0.307 e. The second kappa shape index (κ2) is 5.20. The van der Waals surface area contributed by atoms with Crippen LogP contribution in [0.4, 0.5) is 8.78 Å². The number of carboxylic acid groups (broad SMARTS) is 1. The molecule has 0 bridgehead atoms. The van der Waals surface area contributed by atoms with Gasteiger partial charge >= 0.3 is 5.97 Å². The van der Waals surface area contributed by atoms with Crippen LogP contribution < -0.4 is 4.74 Å². The quantitative estimate of drug-likeness (QED) is 0.927. The summed E-state index contributed by atoms with van der Waals surface area (Å²) in [4.78, 5) is 14.1. The van der Waals surface area contributed by atoms with E-state index in [1.165, 1.54) is 7.11 Å². The monoisotopic (exact) mass is 295 g/mol. The number of halogens is 3. The number of aromatic nitrogens is 1. The van der Waals surface area contributed by atoms with E-state index >= 15 is 0 Å². The minimum atomic E-state index is -2.82. The molecule has 0 unspecified atom stereocenters. The topological polar surface area (TPSA) is 59.4 Å². The van der Waals surface area contributed by atoms with Crippen LogP contribution in [0.3, 0.4) is 0 Å². The van der Waals surface area contributed by atoms with Gasteiger partial charge in [0.05, 0.1) is 24.2 Å². The van der Waals surface area contributed by atoms with Gasteiger partial charge in [-0.2, -0.15) is 0 Å². The van der Waals surface area contributed by atoms with Crippen molar-refractivity contribution in [3.63, 3.8) is 0 Å². The number of hydrogen-bond donors (Lipinski definition) is 1. The number of methoxy groups -OCH3 is 1. The minimum absolute atomic E-state index is 0.0677. The molecule has 7 heteroatoms. The molecule has 4 nitrogen and oxygen atoms in total. The van der Waals surface area contributed by atoms with Gasteiger partial charge in [-0.1, -0.05) is 0 Å². The highest BCUT2D eigenvalue weighted by molar-refractivity contribution is 9.10. The smallest absolute Gasteiger partial charge is 0.307 e. The highest BCUT2D eigenvalue weighted by atomic mass is 79.9. The molecule has 0 aliphatic rings. The number of aliphatic carboxylic acids is 1. The number of pyridine rings is 1. The van der Waals surface area contributed by atoms with Crippen molar-refractivity contribution >= 4 is 21.9 Å². The van der Waals surface area contributed by atoms with Crippen molar-refractivity contribution in [2.45, 2.75) is 12.8 Å². The number of hydrogen-bond acceptors (Lipinski definition) is 3. The lowest BCUT2D eigenvalue weighted by molar-refractivity contribution is -0.136. The van der Waals surface area contributed by atoms with Crippen molar-refractivity contribution in [2.75, 3.05) is 7.11 Å². The van der Waals surface area contributed by atoms with E-state index in [0.29, 0.717) is 0 Å². The van der Waals surface area contributed by atoms with Crippen LogP contribution in [-0.4, -0.2) is 23.2 Å². The molecule has 0 radical (unpaired) electrons. The number of carboxylic acids is 1. The van der Waals surface area contributed by atoms with Crippen molar-refractivity contribution in [3.05, 3.63) is 21.9 Å². The molecule has 0 aromatic carbocycles. The van der Waals surface area contributed by atoms with Crippen molar-refractivity contribution < 1.29 is 23.4 Å². The van der Waals surface area contributed by atoms with Crippen LogP contribution in [0, 0.1) is 0 Å². The molecule has 0 spiro atoms. The summed E-state index contributed by atoms with van der Waals surface area (Å²) in [6.07, 6.45) is -2.24. The van der Waals surface area contributed by atoms with Crippen LogP contribution in [0.2, 0.25) is 0 Å². The third-order valence-electron chi connectivity index (χ3n) is 1.87. The molecule has 88 valence electrons. The maximum absolute atomic E-state index is 12.6. The lowest BCUT2D eigenvalue weighted by Gasteiger charge is -2.11. The Labute approximate surface area is 98.4 Å². The summed E-state index contributed by atoms with van der Waals surface area (Å²) in [5.41, 5.74) is -0.614. The van der Waals surface area contributed by atoms with E-state index in [9.17, 15) is 13.6 Å². The Bertz CT molecular complexity index is 412. The number of nitrogens with zero attached hydrogens (tertiary/aromatic N) is 1. The molecule has 0 amide bonds. The second-order valence-corrected chi connectivity index (χ2v) is 3.67. The fourth-order valence-corrected chi connectivity index (χ4v) is 1.78. The molecule has 1 heterocycles. The van der Waals surface area contributed by atoms with Crippen molar-refractivity contribution in [3.8, 4) is 5.75 Å². The van der Waals surface area contributed by atoms with E-state index in [1.54, 1.807) is 0 Å². The van der Waals surface area contributed by atoms with Gasteiger partial charge in [0.1, 0.15) is 5.69 Å². The van der Waals surface area contributed by atoms with E-state index in [-0.39, 0.29) is 15.8 Å². The van der Waals surface area contributed by atoms with Gasteiger partial charge in [0.15, 0.2) is 5.75 Å². The van der Waals surface area contributed by atoms with Gasteiger partial charge in [-0.05, 0) is 15.9 Å². The molecule has 16 heavy (non-hydrogen) atoms. The largest absolute Gasteiger partial charge is 0.494 e. The molecule has 1 rings (SSSR count). The summed E-state index contributed by atoms with van der Waals surface area (Å²) < 4.78 is 30.2. The van der Waals surface area contributed by atoms with E-state index in [0.717, 1.165) is 6.20 Å². The number of ether oxygens (including phenoxy) is 1. The fourth-order valence-electron chi connectivity index (χ4n) is 1.17. The van der Waals surface area contributed by atoms with E-state index in [1.807, 2.05) is 0 Å². The fraction of sp³-hybridized carbons (Fsp3) is 0.333. The average molecular weight is 296 g/mol. The predicted octanol–water partition coefficient (Wildman–Crippen LogP) is 2.42. The van der Waals surface area contributed by atoms with Gasteiger partial charge in [-0.25, -0.2) is 8.78 Å². The molecule has 0 fully saturated rings. The SMILES string of the molecule is COc1cnc(C(F)F)c(CC(=O)O)c1Br. The Morgan fingerprint density at radius 3 is 2.75 bits per heavy atom. The van der Waals surface area contributed by atoms with Crippen LogP contribution >= 0.6 is 15.9 Å². The molecule has 0 saturated carbocycles. The van der Waals surface area contributed by atoms with Crippen molar-refractivity contribution in [2.24, 2.45) is 0 Å². The van der Waals surface area contributed by atoms with Crippen molar-refractivity contribution in [1.82, 2.24) is 4.98 Å². The summed E-state index contributed by atoms with van der Waals surface area (Å²) in [6.45, 7) is 0. The number of carbonyl (C=O) groups is 1. The zero-order valence-electron chi connectivity index (χ0n) is 8.21. The zero-order valence-corrected chi connectivity index (χ0v) is 9.79. The average Bonchev–Trinajstić information content (AvgIpc) is 2.19. The van der Waals surface area contributed by atoms with E-state index < -0.39 is 24.5 Å². The Morgan fingerprint density at radius 2 is 2.31 bits per heavy atom. The molecule has 0 atom stereocenters.